The van der Waals surface area contributed by atoms with E-state index in [1.807, 2.05) is 0 Å². The standard InChI is InChI=1S/C19H17NO8.3Na/c21-16(22)10-20(8-11-1-4-13(5-2-11)17(23)24)9-12-3-6-14(18(25)26)15(7-12)19(27)28;;;/h1-7H,8-10H2,(H,21,22)(H,23,24)(H,25,26)(H,27,28);;;/q;3*+1/p-3. The van der Waals surface area contributed by atoms with Crippen molar-refractivity contribution in [1.82, 2.24) is 4.90 Å². The molecule has 0 spiro atoms. The van der Waals surface area contributed by atoms with Crippen LogP contribution in [0.1, 0.15) is 42.2 Å². The van der Waals surface area contributed by atoms with Gasteiger partial charge in [0.1, 0.15) is 0 Å². The van der Waals surface area contributed by atoms with E-state index in [2.05, 4.69) is 0 Å². The second-order valence-corrected chi connectivity index (χ2v) is 5.97. The molecule has 146 valence electrons. The molecule has 9 nitrogen and oxygen atoms in total. The zero-order valence-electron chi connectivity index (χ0n) is 17.4. The van der Waals surface area contributed by atoms with Gasteiger partial charge >= 0.3 is 94.6 Å². The number of nitrogens with zero attached hydrogens (tertiary/aromatic N) is 1. The molecule has 0 atom stereocenters. The number of hydrogen-bond donors (Lipinski definition) is 1. The molecule has 0 amide bonds. The minimum absolute atomic E-state index is 0. The van der Waals surface area contributed by atoms with Gasteiger partial charge in [0.05, 0.1) is 23.5 Å². The molecule has 0 radical (unpaired) electrons. The number of aromatic carboxylic acids is 3. The Morgan fingerprint density at radius 2 is 1.23 bits per heavy atom. The third-order valence-electron chi connectivity index (χ3n) is 3.89. The van der Waals surface area contributed by atoms with Gasteiger partial charge in [0, 0.05) is 30.8 Å². The molecule has 2 aromatic carbocycles. The third kappa shape index (κ3) is 10.2. The minimum Gasteiger partial charge on any atom is -0.549 e. The van der Waals surface area contributed by atoms with Crippen LogP contribution in [0.15, 0.2) is 42.5 Å². The molecule has 0 aliphatic carbocycles. The quantitative estimate of drug-likeness (QED) is 0.364. The zero-order chi connectivity index (χ0) is 20.8. The normalized spacial score (nSPS) is 9.58. The van der Waals surface area contributed by atoms with Crippen molar-refractivity contribution in [2.24, 2.45) is 0 Å². The van der Waals surface area contributed by atoms with E-state index in [9.17, 15) is 34.5 Å². The summed E-state index contributed by atoms with van der Waals surface area (Å²) in [6.07, 6.45) is 0. The van der Waals surface area contributed by atoms with Crippen molar-refractivity contribution in [3.05, 3.63) is 70.3 Å². The van der Waals surface area contributed by atoms with Gasteiger partial charge in [-0.3, -0.25) is 4.90 Å². The molecule has 0 heterocycles. The van der Waals surface area contributed by atoms with E-state index in [1.165, 1.54) is 35.2 Å². The summed E-state index contributed by atoms with van der Waals surface area (Å²) in [6.45, 7) is -0.400. The Hall–Kier alpha value is -0.720. The molecule has 2 aromatic rings. The van der Waals surface area contributed by atoms with E-state index in [0.29, 0.717) is 11.1 Å². The Kier molecular flexibility index (Phi) is 15.9. The number of rotatable bonds is 9. The van der Waals surface area contributed by atoms with Crippen LogP contribution in [0.25, 0.3) is 0 Å². The van der Waals surface area contributed by atoms with Crippen molar-refractivity contribution < 1.29 is 128 Å². The number of carbonyl (C=O) groups excluding carboxylic acids is 3. The minimum atomic E-state index is -1.70. The summed E-state index contributed by atoms with van der Waals surface area (Å²) < 4.78 is 0. The van der Waals surface area contributed by atoms with Crippen LogP contribution in [0, 0.1) is 0 Å². The second kappa shape index (κ2) is 15.2. The average molecular weight is 453 g/mol. The predicted octanol–water partition coefficient (Wildman–Crippen LogP) is -11.1. The van der Waals surface area contributed by atoms with E-state index in [-0.39, 0.29) is 107 Å². The second-order valence-electron chi connectivity index (χ2n) is 5.97. The fraction of sp³-hybridized carbons (Fsp3) is 0.158. The van der Waals surface area contributed by atoms with Crippen LogP contribution in [-0.2, 0) is 17.9 Å². The van der Waals surface area contributed by atoms with Gasteiger partial charge in [0.25, 0.3) is 0 Å². The molecule has 2 rings (SSSR count). The molecule has 0 fully saturated rings. The number of benzene rings is 2. The molecule has 0 aliphatic heterocycles. The Bertz CT molecular complexity index is 934. The van der Waals surface area contributed by atoms with Crippen molar-refractivity contribution in [1.29, 1.82) is 0 Å². The third-order valence-corrected chi connectivity index (χ3v) is 3.89. The van der Waals surface area contributed by atoms with Gasteiger partial charge in [-0.1, -0.05) is 24.3 Å². The van der Waals surface area contributed by atoms with Gasteiger partial charge in [0.15, 0.2) is 0 Å². The maximum Gasteiger partial charge on any atom is 1.00 e. The summed E-state index contributed by atoms with van der Waals surface area (Å²) in [6, 6.07) is 9.27. The number of aliphatic carboxylic acids is 1. The molecule has 0 saturated heterocycles. The summed E-state index contributed by atoms with van der Waals surface area (Å²) in [5.41, 5.74) is -0.0758. The van der Waals surface area contributed by atoms with Crippen LogP contribution in [0.3, 0.4) is 0 Å². The summed E-state index contributed by atoms with van der Waals surface area (Å²) in [4.78, 5) is 45.5. The van der Waals surface area contributed by atoms with Crippen LogP contribution in [0.4, 0.5) is 0 Å². The largest absolute Gasteiger partial charge is 1.00 e. The van der Waals surface area contributed by atoms with Crippen LogP contribution in [-0.4, -0.2) is 40.4 Å². The van der Waals surface area contributed by atoms with Gasteiger partial charge in [-0.15, -0.1) is 0 Å². The van der Waals surface area contributed by atoms with Crippen molar-refractivity contribution in [2.45, 2.75) is 13.1 Å². The van der Waals surface area contributed by atoms with Gasteiger partial charge in [-0.05, 0) is 29.3 Å². The molecule has 31 heavy (non-hydrogen) atoms. The summed E-state index contributed by atoms with van der Waals surface area (Å²) in [5.74, 6) is -5.83. The maximum absolute atomic E-state index is 11.2. The SMILES string of the molecule is O=C([O-])CN(Cc1ccc(C(=O)O)cc1)Cc1ccc(C(=O)[O-])c(C(=O)[O-])c1.[Na+].[Na+].[Na+]. The average Bonchev–Trinajstić information content (AvgIpc) is 2.61. The molecule has 0 unspecified atom stereocenters. The van der Waals surface area contributed by atoms with Crippen molar-refractivity contribution in [3.63, 3.8) is 0 Å². The van der Waals surface area contributed by atoms with E-state index in [4.69, 9.17) is 5.11 Å². The number of carbonyl (C=O) groups is 4. The fourth-order valence-corrected chi connectivity index (χ4v) is 2.66. The molecule has 0 bridgehead atoms. The van der Waals surface area contributed by atoms with E-state index < -0.39 is 41.5 Å². The van der Waals surface area contributed by atoms with Crippen LogP contribution in [0.2, 0.25) is 0 Å². The summed E-state index contributed by atoms with van der Waals surface area (Å²) in [7, 11) is 0. The number of hydrogen-bond acceptors (Lipinski definition) is 8. The van der Waals surface area contributed by atoms with Gasteiger partial charge in [-0.25, -0.2) is 4.79 Å². The van der Waals surface area contributed by atoms with Crippen LogP contribution >= 0.6 is 0 Å². The smallest absolute Gasteiger partial charge is 0.549 e. The molecule has 0 aromatic heterocycles. The Morgan fingerprint density at radius 1 is 0.742 bits per heavy atom. The number of carboxylic acids is 4. The molecular weight excluding hydrogens is 439 g/mol. The van der Waals surface area contributed by atoms with E-state index in [1.54, 1.807) is 0 Å². The maximum atomic E-state index is 11.2. The first kappa shape index (κ1) is 32.5. The fourth-order valence-electron chi connectivity index (χ4n) is 2.66. The van der Waals surface area contributed by atoms with Crippen molar-refractivity contribution in [3.8, 4) is 0 Å². The molecule has 0 saturated carbocycles. The monoisotopic (exact) mass is 453 g/mol. The Balaban J connectivity index is 0. The van der Waals surface area contributed by atoms with Gasteiger partial charge in [-0.2, -0.15) is 0 Å². The first-order valence-electron chi connectivity index (χ1n) is 7.97. The summed E-state index contributed by atoms with van der Waals surface area (Å²) >= 11 is 0. The van der Waals surface area contributed by atoms with Crippen molar-refractivity contribution >= 4 is 23.9 Å². The van der Waals surface area contributed by atoms with E-state index in [0.717, 1.165) is 12.1 Å². The molecular formula is C19H14NNa3O8. The molecule has 12 heteroatoms. The molecule has 0 aliphatic rings. The predicted molar refractivity (Wildman–Crippen MR) is 87.6 cm³/mol. The number of carboxylic acid groups (broad SMARTS) is 4. The zero-order valence-corrected chi connectivity index (χ0v) is 23.4. The topological polar surface area (TPSA) is 161 Å². The first-order chi connectivity index (χ1) is 13.2. The Morgan fingerprint density at radius 3 is 1.68 bits per heavy atom. The Labute approximate surface area is 244 Å². The van der Waals surface area contributed by atoms with Gasteiger partial charge < -0.3 is 34.8 Å². The van der Waals surface area contributed by atoms with Crippen LogP contribution < -0.4 is 104 Å². The summed E-state index contributed by atoms with van der Waals surface area (Å²) in [5, 5.41) is 42.1. The van der Waals surface area contributed by atoms with Gasteiger partial charge in [0.2, 0.25) is 0 Å². The first-order valence-corrected chi connectivity index (χ1v) is 7.97. The van der Waals surface area contributed by atoms with Crippen molar-refractivity contribution in [2.75, 3.05) is 6.54 Å². The molecule has 1 N–H and O–H groups in total. The van der Waals surface area contributed by atoms with E-state index >= 15 is 0 Å². The van der Waals surface area contributed by atoms with Crippen LogP contribution in [0.5, 0.6) is 0 Å².